The molecule has 24 heavy (non-hydrogen) atoms. The van der Waals surface area contributed by atoms with Crippen LogP contribution in [-0.4, -0.2) is 45.9 Å². The number of nitrogens with zero attached hydrogens (tertiary/aromatic N) is 1. The molecule has 0 radical (unpaired) electrons. The molecule has 2 atom stereocenters. The van der Waals surface area contributed by atoms with Crippen LogP contribution in [0.1, 0.15) is 32.3 Å². The maximum Gasteiger partial charge on any atom is 0.410 e. The van der Waals surface area contributed by atoms with Gasteiger partial charge in [-0.25, -0.2) is 4.79 Å². The smallest absolute Gasteiger partial charge is 0.410 e. The number of carbonyl (C=O) groups is 2. The quantitative estimate of drug-likeness (QED) is 0.821. The minimum atomic E-state index is -1.06. The van der Waals surface area contributed by atoms with Crippen LogP contribution in [0.4, 0.5) is 4.79 Å². The number of hydrogen-bond donors (Lipinski definition) is 2. The Morgan fingerprint density at radius 1 is 1.21 bits per heavy atom. The zero-order valence-corrected chi connectivity index (χ0v) is 15.1. The first-order valence-electron chi connectivity index (χ1n) is 7.38. The Morgan fingerprint density at radius 2 is 1.79 bits per heavy atom. The predicted octanol–water partition coefficient (Wildman–Crippen LogP) is 3.73. The van der Waals surface area contributed by atoms with Gasteiger partial charge in [0.05, 0.1) is 16.0 Å². The standard InChI is InChI=1S/C16H19Cl2NO5/c1-16(2,3)24-15(23)19-6-9(10(7-19)14(21)22)8-4-11(17)12(18)5-13(8)20/h4-5,9-10,20H,6-7H2,1-3H3,(H,21,22)/t9-,10+/m0/s1. The zero-order valence-electron chi connectivity index (χ0n) is 13.5. The Labute approximate surface area is 149 Å². The van der Waals surface area contributed by atoms with E-state index in [1.54, 1.807) is 20.8 Å². The van der Waals surface area contributed by atoms with Gasteiger partial charge in [-0.1, -0.05) is 23.2 Å². The number of phenols is 1. The second-order valence-electron chi connectivity index (χ2n) is 6.76. The lowest BCUT2D eigenvalue weighted by Gasteiger charge is -2.24. The number of ether oxygens (including phenoxy) is 1. The SMILES string of the molecule is CC(C)(C)OC(=O)N1C[C@@H](C(=O)O)[C@H](c2cc(Cl)c(Cl)cc2O)C1. The zero-order chi connectivity index (χ0) is 18.2. The lowest BCUT2D eigenvalue weighted by atomic mass is 9.88. The number of carboxylic acids is 1. The highest BCUT2D eigenvalue weighted by Crippen LogP contribution is 2.41. The Hall–Kier alpha value is -1.66. The van der Waals surface area contributed by atoms with E-state index in [9.17, 15) is 19.8 Å². The van der Waals surface area contributed by atoms with Crippen molar-refractivity contribution in [3.63, 3.8) is 0 Å². The molecule has 2 rings (SSSR count). The third-order valence-electron chi connectivity index (χ3n) is 3.76. The highest BCUT2D eigenvalue weighted by molar-refractivity contribution is 6.42. The molecular formula is C16H19Cl2NO5. The highest BCUT2D eigenvalue weighted by Gasteiger charge is 2.43. The molecule has 1 fully saturated rings. The van der Waals surface area contributed by atoms with Crippen LogP contribution in [0, 0.1) is 5.92 Å². The van der Waals surface area contributed by atoms with Gasteiger partial charge in [0.15, 0.2) is 0 Å². The first-order chi connectivity index (χ1) is 11.0. The van der Waals surface area contributed by atoms with E-state index in [1.807, 2.05) is 0 Å². The van der Waals surface area contributed by atoms with E-state index in [0.717, 1.165) is 0 Å². The van der Waals surface area contributed by atoms with Gasteiger partial charge in [0, 0.05) is 30.6 Å². The van der Waals surface area contributed by atoms with E-state index in [4.69, 9.17) is 27.9 Å². The van der Waals surface area contributed by atoms with Crippen LogP contribution < -0.4 is 0 Å². The molecule has 0 spiro atoms. The molecule has 1 aromatic carbocycles. The summed E-state index contributed by atoms with van der Waals surface area (Å²) in [4.78, 5) is 25.1. The van der Waals surface area contributed by atoms with E-state index in [2.05, 4.69) is 0 Å². The second-order valence-corrected chi connectivity index (χ2v) is 7.58. The van der Waals surface area contributed by atoms with Crippen molar-refractivity contribution in [3.05, 3.63) is 27.7 Å². The Kier molecular flexibility index (Phi) is 5.20. The van der Waals surface area contributed by atoms with E-state index >= 15 is 0 Å². The number of rotatable bonds is 2. The fourth-order valence-corrected chi connectivity index (χ4v) is 3.02. The molecule has 8 heteroatoms. The maximum absolute atomic E-state index is 12.2. The molecule has 1 saturated heterocycles. The fourth-order valence-electron chi connectivity index (χ4n) is 2.69. The molecule has 1 aliphatic rings. The van der Waals surface area contributed by atoms with E-state index < -0.39 is 29.5 Å². The summed E-state index contributed by atoms with van der Waals surface area (Å²) in [5.74, 6) is -2.69. The van der Waals surface area contributed by atoms with Gasteiger partial charge in [-0.15, -0.1) is 0 Å². The summed E-state index contributed by atoms with van der Waals surface area (Å²) in [5.41, 5.74) is -0.331. The average Bonchev–Trinajstić information content (AvgIpc) is 2.86. The van der Waals surface area contributed by atoms with E-state index in [-0.39, 0.29) is 28.9 Å². The number of phenolic OH excluding ortho intramolecular Hbond substituents is 1. The van der Waals surface area contributed by atoms with Gasteiger partial charge in [0.1, 0.15) is 11.4 Å². The van der Waals surface area contributed by atoms with Gasteiger partial charge >= 0.3 is 12.1 Å². The number of amides is 1. The van der Waals surface area contributed by atoms with Crippen molar-refractivity contribution in [2.45, 2.75) is 32.3 Å². The number of likely N-dealkylation sites (tertiary alicyclic amines) is 1. The summed E-state index contributed by atoms with van der Waals surface area (Å²) in [7, 11) is 0. The maximum atomic E-state index is 12.2. The van der Waals surface area contributed by atoms with E-state index in [1.165, 1.54) is 17.0 Å². The lowest BCUT2D eigenvalue weighted by molar-refractivity contribution is -0.141. The highest BCUT2D eigenvalue weighted by atomic mass is 35.5. The molecule has 132 valence electrons. The molecule has 1 aliphatic heterocycles. The summed E-state index contributed by atoms with van der Waals surface area (Å²) in [6.07, 6.45) is -0.587. The van der Waals surface area contributed by atoms with Crippen molar-refractivity contribution >= 4 is 35.3 Å². The molecule has 0 unspecified atom stereocenters. The molecule has 0 bridgehead atoms. The van der Waals surface area contributed by atoms with Crippen LogP contribution in [0.3, 0.4) is 0 Å². The van der Waals surface area contributed by atoms with Gasteiger partial charge in [0.25, 0.3) is 0 Å². The Morgan fingerprint density at radius 3 is 2.33 bits per heavy atom. The molecule has 6 nitrogen and oxygen atoms in total. The molecule has 1 aromatic rings. The van der Waals surface area contributed by atoms with Crippen LogP contribution in [0.2, 0.25) is 10.0 Å². The monoisotopic (exact) mass is 375 g/mol. The molecule has 0 aliphatic carbocycles. The van der Waals surface area contributed by atoms with Crippen molar-refractivity contribution in [2.24, 2.45) is 5.92 Å². The first-order valence-corrected chi connectivity index (χ1v) is 8.14. The minimum absolute atomic E-state index is 0.00536. The largest absolute Gasteiger partial charge is 0.508 e. The second kappa shape index (κ2) is 6.69. The van der Waals surface area contributed by atoms with Gasteiger partial charge < -0.3 is 19.8 Å². The van der Waals surface area contributed by atoms with Crippen molar-refractivity contribution in [2.75, 3.05) is 13.1 Å². The number of benzene rings is 1. The average molecular weight is 376 g/mol. The molecule has 1 heterocycles. The topological polar surface area (TPSA) is 87.1 Å². The van der Waals surface area contributed by atoms with Crippen molar-refractivity contribution in [1.82, 2.24) is 4.90 Å². The molecular weight excluding hydrogens is 357 g/mol. The van der Waals surface area contributed by atoms with Crippen LogP contribution in [-0.2, 0) is 9.53 Å². The number of carboxylic acid groups (broad SMARTS) is 1. The summed E-state index contributed by atoms with van der Waals surface area (Å²) >= 11 is 11.8. The molecule has 1 amide bonds. The number of carbonyl (C=O) groups excluding carboxylic acids is 1. The normalized spacial score (nSPS) is 21.0. The summed E-state index contributed by atoms with van der Waals surface area (Å²) < 4.78 is 5.29. The predicted molar refractivity (Wildman–Crippen MR) is 89.8 cm³/mol. The summed E-state index contributed by atoms with van der Waals surface area (Å²) in [6.45, 7) is 5.31. The first kappa shape index (κ1) is 18.7. The van der Waals surface area contributed by atoms with Crippen molar-refractivity contribution < 1.29 is 24.5 Å². The van der Waals surface area contributed by atoms with Crippen LogP contribution >= 0.6 is 23.2 Å². The van der Waals surface area contributed by atoms with Crippen LogP contribution in [0.25, 0.3) is 0 Å². The van der Waals surface area contributed by atoms with E-state index in [0.29, 0.717) is 5.56 Å². The number of halogens is 2. The number of aromatic hydroxyl groups is 1. The molecule has 0 saturated carbocycles. The van der Waals surface area contributed by atoms with Gasteiger partial charge in [-0.2, -0.15) is 0 Å². The van der Waals surface area contributed by atoms with Gasteiger partial charge in [0.2, 0.25) is 0 Å². The summed E-state index contributed by atoms with van der Waals surface area (Å²) in [6, 6.07) is 2.71. The number of hydrogen-bond acceptors (Lipinski definition) is 4. The molecule has 0 aromatic heterocycles. The van der Waals surface area contributed by atoms with Gasteiger partial charge in [-0.3, -0.25) is 4.79 Å². The number of aliphatic carboxylic acids is 1. The van der Waals surface area contributed by atoms with Gasteiger partial charge in [-0.05, 0) is 26.8 Å². The fraction of sp³-hybridized carbons (Fsp3) is 0.500. The van der Waals surface area contributed by atoms with Crippen molar-refractivity contribution in [1.29, 1.82) is 0 Å². The summed E-state index contributed by atoms with van der Waals surface area (Å²) in [5, 5.41) is 20.0. The Balaban J connectivity index is 2.31. The Bertz CT molecular complexity index is 671. The lowest BCUT2D eigenvalue weighted by Crippen LogP contribution is -2.35. The third-order valence-corrected chi connectivity index (χ3v) is 4.48. The van der Waals surface area contributed by atoms with Crippen molar-refractivity contribution in [3.8, 4) is 5.75 Å². The third kappa shape index (κ3) is 4.05. The minimum Gasteiger partial charge on any atom is -0.508 e. The molecule has 2 N–H and O–H groups in total. The van der Waals surface area contributed by atoms with Crippen LogP contribution in [0.5, 0.6) is 5.75 Å². The van der Waals surface area contributed by atoms with Crippen LogP contribution in [0.15, 0.2) is 12.1 Å².